The summed E-state index contributed by atoms with van der Waals surface area (Å²) in [6, 6.07) is 4.32. The number of H-pyrrole nitrogens is 1. The van der Waals surface area contributed by atoms with Crippen molar-refractivity contribution in [2.45, 2.75) is 33.6 Å². The number of rotatable bonds is 1. The summed E-state index contributed by atoms with van der Waals surface area (Å²) < 4.78 is 0. The van der Waals surface area contributed by atoms with Crippen LogP contribution in [0.4, 0.5) is 0 Å². The first-order valence-corrected chi connectivity index (χ1v) is 5.05. The van der Waals surface area contributed by atoms with Gasteiger partial charge in [-0.2, -0.15) is 0 Å². The normalized spacial score (nSPS) is 11.5. The van der Waals surface area contributed by atoms with Crippen molar-refractivity contribution in [2.24, 2.45) is 0 Å². The van der Waals surface area contributed by atoms with Crippen LogP contribution in [-0.4, -0.2) is 9.97 Å². The maximum Gasteiger partial charge on any atom is 0.109 e. The zero-order valence-electron chi connectivity index (χ0n) is 9.18. The molecule has 2 heteroatoms. The molecule has 0 unspecified atom stereocenters. The van der Waals surface area contributed by atoms with Crippen molar-refractivity contribution >= 4 is 11.0 Å². The lowest BCUT2D eigenvalue weighted by Crippen LogP contribution is -1.88. The molecule has 2 aromatic rings. The second-order valence-electron chi connectivity index (χ2n) is 4.23. The number of benzene rings is 1. The summed E-state index contributed by atoms with van der Waals surface area (Å²) in [5.41, 5.74) is 4.85. The van der Waals surface area contributed by atoms with Crippen LogP contribution in [0.5, 0.6) is 0 Å². The van der Waals surface area contributed by atoms with E-state index >= 15 is 0 Å². The molecule has 0 spiro atoms. The number of aryl methyl sites for hydroxylation is 2. The molecule has 0 fully saturated rings. The van der Waals surface area contributed by atoms with Crippen molar-refractivity contribution in [3.05, 3.63) is 29.1 Å². The number of hydrogen-bond acceptors (Lipinski definition) is 1. The lowest BCUT2D eigenvalue weighted by Gasteiger charge is -1.97. The van der Waals surface area contributed by atoms with E-state index in [-0.39, 0.29) is 0 Å². The fraction of sp³-hybridized carbons (Fsp3) is 0.417. The predicted molar refractivity (Wildman–Crippen MR) is 59.7 cm³/mol. The van der Waals surface area contributed by atoms with E-state index in [1.165, 1.54) is 11.1 Å². The first kappa shape index (κ1) is 9.25. The summed E-state index contributed by atoms with van der Waals surface area (Å²) in [5.74, 6) is 1.54. The van der Waals surface area contributed by atoms with Crippen LogP contribution in [0.3, 0.4) is 0 Å². The van der Waals surface area contributed by atoms with Gasteiger partial charge in [0, 0.05) is 5.92 Å². The fourth-order valence-electron chi connectivity index (χ4n) is 1.56. The van der Waals surface area contributed by atoms with Crippen molar-refractivity contribution in [3.63, 3.8) is 0 Å². The molecule has 1 heterocycles. The fourth-order valence-corrected chi connectivity index (χ4v) is 1.56. The minimum Gasteiger partial charge on any atom is -0.342 e. The number of nitrogens with one attached hydrogen (secondary N) is 1. The van der Waals surface area contributed by atoms with Gasteiger partial charge in [-0.1, -0.05) is 13.8 Å². The standard InChI is InChI=1S/C12H16N2/c1-7(2)12-13-10-5-8(3)9(4)6-11(10)14-12/h5-7H,1-4H3,(H,13,14). The van der Waals surface area contributed by atoms with Crippen LogP contribution in [0.15, 0.2) is 12.1 Å². The molecular weight excluding hydrogens is 172 g/mol. The van der Waals surface area contributed by atoms with E-state index in [2.05, 4.69) is 49.8 Å². The van der Waals surface area contributed by atoms with E-state index in [1.807, 2.05) is 0 Å². The molecule has 0 saturated heterocycles. The molecule has 2 nitrogen and oxygen atoms in total. The van der Waals surface area contributed by atoms with E-state index in [0.717, 1.165) is 16.9 Å². The number of aromatic amines is 1. The Hall–Kier alpha value is -1.31. The lowest BCUT2D eigenvalue weighted by molar-refractivity contribution is 0.799. The third-order valence-electron chi connectivity index (χ3n) is 2.66. The van der Waals surface area contributed by atoms with Crippen LogP contribution in [-0.2, 0) is 0 Å². The van der Waals surface area contributed by atoms with E-state index in [0.29, 0.717) is 5.92 Å². The van der Waals surface area contributed by atoms with Crippen molar-refractivity contribution in [3.8, 4) is 0 Å². The number of aromatic nitrogens is 2. The monoisotopic (exact) mass is 188 g/mol. The molecule has 0 aliphatic rings. The van der Waals surface area contributed by atoms with Gasteiger partial charge in [0.05, 0.1) is 11.0 Å². The highest BCUT2D eigenvalue weighted by molar-refractivity contribution is 5.77. The minimum absolute atomic E-state index is 0.461. The van der Waals surface area contributed by atoms with Gasteiger partial charge in [0.25, 0.3) is 0 Å². The molecule has 14 heavy (non-hydrogen) atoms. The van der Waals surface area contributed by atoms with Gasteiger partial charge in [0.1, 0.15) is 5.82 Å². The van der Waals surface area contributed by atoms with Gasteiger partial charge >= 0.3 is 0 Å². The average molecular weight is 188 g/mol. The molecule has 74 valence electrons. The Morgan fingerprint density at radius 3 is 2.43 bits per heavy atom. The van der Waals surface area contributed by atoms with Crippen molar-refractivity contribution in [1.82, 2.24) is 9.97 Å². The highest BCUT2D eigenvalue weighted by Crippen LogP contribution is 2.20. The lowest BCUT2D eigenvalue weighted by atomic mass is 10.1. The summed E-state index contributed by atoms with van der Waals surface area (Å²) in [6.07, 6.45) is 0. The van der Waals surface area contributed by atoms with Gasteiger partial charge in [0.15, 0.2) is 0 Å². The molecule has 0 atom stereocenters. The van der Waals surface area contributed by atoms with Crippen LogP contribution in [0, 0.1) is 13.8 Å². The van der Waals surface area contributed by atoms with Crippen molar-refractivity contribution in [2.75, 3.05) is 0 Å². The SMILES string of the molecule is Cc1cc2nc(C(C)C)[nH]c2cc1C. The van der Waals surface area contributed by atoms with E-state index in [1.54, 1.807) is 0 Å². The van der Waals surface area contributed by atoms with E-state index in [4.69, 9.17) is 0 Å². The van der Waals surface area contributed by atoms with Crippen LogP contribution in [0.1, 0.15) is 36.7 Å². The topological polar surface area (TPSA) is 28.7 Å². The highest BCUT2D eigenvalue weighted by Gasteiger charge is 2.06. The summed E-state index contributed by atoms with van der Waals surface area (Å²) in [6.45, 7) is 8.55. The van der Waals surface area contributed by atoms with E-state index in [9.17, 15) is 0 Å². The minimum atomic E-state index is 0.461. The van der Waals surface area contributed by atoms with Crippen LogP contribution < -0.4 is 0 Å². The Morgan fingerprint density at radius 1 is 1.14 bits per heavy atom. The Balaban J connectivity index is 2.66. The van der Waals surface area contributed by atoms with E-state index < -0.39 is 0 Å². The van der Waals surface area contributed by atoms with Crippen LogP contribution in [0.25, 0.3) is 11.0 Å². The molecule has 1 N–H and O–H groups in total. The molecule has 0 saturated carbocycles. The molecule has 1 aromatic carbocycles. The maximum atomic E-state index is 4.56. The Kier molecular flexibility index (Phi) is 2.06. The van der Waals surface area contributed by atoms with Crippen LogP contribution in [0.2, 0.25) is 0 Å². The molecule has 0 radical (unpaired) electrons. The first-order valence-electron chi connectivity index (χ1n) is 5.05. The number of hydrogen-bond donors (Lipinski definition) is 1. The summed E-state index contributed by atoms with van der Waals surface area (Å²) >= 11 is 0. The molecular formula is C12H16N2. The zero-order chi connectivity index (χ0) is 10.3. The second-order valence-corrected chi connectivity index (χ2v) is 4.23. The average Bonchev–Trinajstić information content (AvgIpc) is 2.48. The van der Waals surface area contributed by atoms with Gasteiger partial charge < -0.3 is 4.98 Å². The third kappa shape index (κ3) is 1.41. The summed E-state index contributed by atoms with van der Waals surface area (Å²) in [5, 5.41) is 0. The molecule has 0 aliphatic carbocycles. The summed E-state index contributed by atoms with van der Waals surface area (Å²) in [7, 11) is 0. The predicted octanol–water partition coefficient (Wildman–Crippen LogP) is 3.30. The number of nitrogens with zero attached hydrogens (tertiary/aromatic N) is 1. The smallest absolute Gasteiger partial charge is 0.109 e. The van der Waals surface area contributed by atoms with Crippen LogP contribution >= 0.6 is 0 Å². The number of imidazole rings is 1. The first-order chi connectivity index (χ1) is 6.58. The van der Waals surface area contributed by atoms with Crippen molar-refractivity contribution < 1.29 is 0 Å². The molecule has 0 bridgehead atoms. The largest absolute Gasteiger partial charge is 0.342 e. The quantitative estimate of drug-likeness (QED) is 0.730. The second kappa shape index (κ2) is 3.12. The third-order valence-corrected chi connectivity index (χ3v) is 2.66. The molecule has 0 aliphatic heterocycles. The molecule has 1 aromatic heterocycles. The van der Waals surface area contributed by atoms with Gasteiger partial charge in [-0.15, -0.1) is 0 Å². The Bertz CT molecular complexity index is 427. The Morgan fingerprint density at radius 2 is 1.79 bits per heavy atom. The Labute approximate surface area is 84.4 Å². The number of fused-ring (bicyclic) bond motifs is 1. The van der Waals surface area contributed by atoms with Crippen molar-refractivity contribution in [1.29, 1.82) is 0 Å². The van der Waals surface area contributed by atoms with Gasteiger partial charge in [-0.25, -0.2) is 4.98 Å². The zero-order valence-corrected chi connectivity index (χ0v) is 9.18. The van der Waals surface area contributed by atoms with Gasteiger partial charge in [-0.3, -0.25) is 0 Å². The van der Waals surface area contributed by atoms with Gasteiger partial charge in [0.2, 0.25) is 0 Å². The molecule has 0 amide bonds. The van der Waals surface area contributed by atoms with Gasteiger partial charge in [-0.05, 0) is 37.1 Å². The highest BCUT2D eigenvalue weighted by atomic mass is 14.9. The molecule has 2 rings (SSSR count). The summed E-state index contributed by atoms with van der Waals surface area (Å²) in [4.78, 5) is 7.91. The maximum absolute atomic E-state index is 4.56.